The quantitative estimate of drug-likeness (QED) is 0.847. The van der Waals surface area contributed by atoms with Gasteiger partial charge >= 0.3 is 0 Å². The van der Waals surface area contributed by atoms with Gasteiger partial charge in [-0.2, -0.15) is 0 Å². The number of hydrogen-bond acceptors (Lipinski definition) is 3. The standard InChI is InChI=1S/C16H19NO2S/c1-3-17(4-2)15-12-8-9-13-16(15)20(18,19)14-10-6-5-7-11-14/h5-13H,3-4H2,1-2H3. The van der Waals surface area contributed by atoms with Crippen molar-refractivity contribution in [1.82, 2.24) is 0 Å². The summed E-state index contributed by atoms with van der Waals surface area (Å²) in [5.74, 6) is 0. The summed E-state index contributed by atoms with van der Waals surface area (Å²) in [5.41, 5.74) is 0.765. The van der Waals surface area contributed by atoms with Crippen LogP contribution in [0.5, 0.6) is 0 Å². The minimum absolute atomic E-state index is 0.333. The highest BCUT2D eigenvalue weighted by molar-refractivity contribution is 7.91. The normalized spacial score (nSPS) is 11.3. The van der Waals surface area contributed by atoms with E-state index in [4.69, 9.17) is 0 Å². The fraction of sp³-hybridized carbons (Fsp3) is 0.250. The van der Waals surface area contributed by atoms with Gasteiger partial charge in [-0.05, 0) is 38.1 Å². The largest absolute Gasteiger partial charge is 0.371 e. The number of para-hydroxylation sites is 1. The lowest BCUT2D eigenvalue weighted by atomic mass is 10.3. The third kappa shape index (κ3) is 2.70. The minimum Gasteiger partial charge on any atom is -0.371 e. The predicted octanol–water partition coefficient (Wildman–Crippen LogP) is 3.37. The van der Waals surface area contributed by atoms with Gasteiger partial charge in [-0.15, -0.1) is 0 Å². The van der Waals surface area contributed by atoms with Crippen LogP contribution in [0.1, 0.15) is 13.8 Å². The van der Waals surface area contributed by atoms with Crippen molar-refractivity contribution in [2.45, 2.75) is 23.6 Å². The Morgan fingerprint density at radius 2 is 1.40 bits per heavy atom. The lowest BCUT2D eigenvalue weighted by Crippen LogP contribution is -2.24. The summed E-state index contributed by atoms with van der Waals surface area (Å²) in [4.78, 5) is 2.75. The van der Waals surface area contributed by atoms with E-state index in [1.807, 2.05) is 32.0 Å². The summed E-state index contributed by atoms with van der Waals surface area (Å²) in [6.45, 7) is 5.60. The molecule has 0 fully saturated rings. The van der Waals surface area contributed by atoms with Crippen molar-refractivity contribution in [2.75, 3.05) is 18.0 Å². The maximum atomic E-state index is 12.8. The lowest BCUT2D eigenvalue weighted by molar-refractivity contribution is 0.595. The number of benzene rings is 2. The maximum absolute atomic E-state index is 12.8. The van der Waals surface area contributed by atoms with Crippen LogP contribution in [0.2, 0.25) is 0 Å². The molecule has 0 bridgehead atoms. The molecular formula is C16H19NO2S. The molecule has 0 N–H and O–H groups in total. The SMILES string of the molecule is CCN(CC)c1ccccc1S(=O)(=O)c1ccccc1. The van der Waals surface area contributed by atoms with Crippen LogP contribution < -0.4 is 4.90 Å². The van der Waals surface area contributed by atoms with Crippen LogP contribution in [0.15, 0.2) is 64.4 Å². The fourth-order valence-electron chi connectivity index (χ4n) is 2.24. The second-order valence-electron chi connectivity index (χ2n) is 4.46. The van der Waals surface area contributed by atoms with E-state index in [2.05, 4.69) is 4.90 Å². The average molecular weight is 289 g/mol. The van der Waals surface area contributed by atoms with Crippen LogP contribution in [0.25, 0.3) is 0 Å². The summed E-state index contributed by atoms with van der Waals surface area (Å²) < 4.78 is 25.5. The Bertz CT molecular complexity index is 662. The molecule has 2 aromatic carbocycles. The number of sulfone groups is 1. The summed E-state index contributed by atoms with van der Waals surface area (Å²) in [6.07, 6.45) is 0. The molecule has 0 spiro atoms. The molecule has 4 heteroatoms. The van der Waals surface area contributed by atoms with Crippen molar-refractivity contribution in [1.29, 1.82) is 0 Å². The Balaban J connectivity index is 2.59. The van der Waals surface area contributed by atoms with Gasteiger partial charge in [0.2, 0.25) is 9.84 Å². The van der Waals surface area contributed by atoms with Gasteiger partial charge in [0.15, 0.2) is 0 Å². The molecule has 0 aliphatic rings. The lowest BCUT2D eigenvalue weighted by Gasteiger charge is -2.23. The number of nitrogens with zero attached hydrogens (tertiary/aromatic N) is 1. The van der Waals surface area contributed by atoms with Gasteiger partial charge in [0, 0.05) is 13.1 Å². The van der Waals surface area contributed by atoms with E-state index in [0.717, 1.165) is 18.8 Å². The Hall–Kier alpha value is -1.81. The summed E-state index contributed by atoms with van der Waals surface area (Å²) >= 11 is 0. The Kier molecular flexibility index (Phi) is 4.45. The number of rotatable bonds is 5. The second-order valence-corrected chi connectivity index (χ2v) is 6.37. The average Bonchev–Trinajstić information content (AvgIpc) is 2.50. The van der Waals surface area contributed by atoms with Gasteiger partial charge in [-0.1, -0.05) is 30.3 Å². The highest BCUT2D eigenvalue weighted by Gasteiger charge is 2.22. The number of anilines is 1. The summed E-state index contributed by atoms with van der Waals surface area (Å²) in [7, 11) is -3.48. The summed E-state index contributed by atoms with van der Waals surface area (Å²) in [6, 6.07) is 15.7. The highest BCUT2D eigenvalue weighted by atomic mass is 32.2. The van der Waals surface area contributed by atoms with E-state index < -0.39 is 9.84 Å². The zero-order valence-corrected chi connectivity index (χ0v) is 12.6. The Labute approximate surface area is 120 Å². The fourth-order valence-corrected chi connectivity index (χ4v) is 3.74. The van der Waals surface area contributed by atoms with Crippen LogP contribution in [0, 0.1) is 0 Å². The molecule has 0 aliphatic heterocycles. The molecule has 2 rings (SSSR count). The molecule has 0 heterocycles. The first-order chi connectivity index (χ1) is 9.61. The smallest absolute Gasteiger partial charge is 0.208 e. The van der Waals surface area contributed by atoms with Crippen LogP contribution in [-0.2, 0) is 9.84 Å². The zero-order chi connectivity index (χ0) is 14.6. The molecule has 0 atom stereocenters. The van der Waals surface area contributed by atoms with Crippen molar-refractivity contribution in [2.24, 2.45) is 0 Å². The van der Waals surface area contributed by atoms with Crippen LogP contribution in [0.3, 0.4) is 0 Å². The van der Waals surface area contributed by atoms with E-state index >= 15 is 0 Å². The monoisotopic (exact) mass is 289 g/mol. The molecule has 20 heavy (non-hydrogen) atoms. The molecule has 0 aromatic heterocycles. The van der Waals surface area contributed by atoms with Gasteiger partial charge < -0.3 is 4.90 Å². The third-order valence-corrected chi connectivity index (χ3v) is 5.13. The molecule has 0 saturated carbocycles. The molecule has 3 nitrogen and oxygen atoms in total. The van der Waals surface area contributed by atoms with E-state index in [1.54, 1.807) is 36.4 Å². The van der Waals surface area contributed by atoms with E-state index in [-0.39, 0.29) is 0 Å². The molecular weight excluding hydrogens is 270 g/mol. The van der Waals surface area contributed by atoms with Gasteiger partial charge in [-0.3, -0.25) is 0 Å². The molecule has 0 saturated heterocycles. The van der Waals surface area contributed by atoms with E-state index in [0.29, 0.717) is 9.79 Å². The predicted molar refractivity (Wildman–Crippen MR) is 81.9 cm³/mol. The van der Waals surface area contributed by atoms with Crippen molar-refractivity contribution in [3.05, 3.63) is 54.6 Å². The van der Waals surface area contributed by atoms with Crippen molar-refractivity contribution in [3.8, 4) is 0 Å². The van der Waals surface area contributed by atoms with Crippen LogP contribution in [-0.4, -0.2) is 21.5 Å². The first kappa shape index (κ1) is 14.6. The third-order valence-electron chi connectivity index (χ3n) is 3.31. The maximum Gasteiger partial charge on any atom is 0.208 e. The Morgan fingerprint density at radius 3 is 2.00 bits per heavy atom. The molecule has 2 aromatic rings. The second kappa shape index (κ2) is 6.09. The van der Waals surface area contributed by atoms with Gasteiger partial charge in [0.05, 0.1) is 15.5 Å². The van der Waals surface area contributed by atoms with Gasteiger partial charge in [0.25, 0.3) is 0 Å². The molecule has 0 aliphatic carbocycles. The van der Waals surface area contributed by atoms with Crippen molar-refractivity contribution in [3.63, 3.8) is 0 Å². The number of hydrogen-bond donors (Lipinski definition) is 0. The van der Waals surface area contributed by atoms with E-state index in [1.165, 1.54) is 0 Å². The van der Waals surface area contributed by atoms with Crippen molar-refractivity contribution < 1.29 is 8.42 Å². The Morgan fingerprint density at radius 1 is 0.850 bits per heavy atom. The van der Waals surface area contributed by atoms with Crippen LogP contribution in [0.4, 0.5) is 5.69 Å². The first-order valence-corrected chi connectivity index (χ1v) is 8.23. The van der Waals surface area contributed by atoms with Gasteiger partial charge in [-0.25, -0.2) is 8.42 Å². The van der Waals surface area contributed by atoms with E-state index in [9.17, 15) is 8.42 Å². The first-order valence-electron chi connectivity index (χ1n) is 6.75. The highest BCUT2D eigenvalue weighted by Crippen LogP contribution is 2.29. The topological polar surface area (TPSA) is 37.4 Å². The molecule has 0 unspecified atom stereocenters. The summed E-state index contributed by atoms with van der Waals surface area (Å²) in [5, 5.41) is 0. The van der Waals surface area contributed by atoms with Crippen LogP contribution >= 0.6 is 0 Å². The van der Waals surface area contributed by atoms with Gasteiger partial charge in [0.1, 0.15) is 0 Å². The van der Waals surface area contributed by atoms with Crippen molar-refractivity contribution >= 4 is 15.5 Å². The molecule has 106 valence electrons. The molecule has 0 amide bonds. The minimum atomic E-state index is -3.48. The molecule has 0 radical (unpaired) electrons. The zero-order valence-electron chi connectivity index (χ0n) is 11.8.